The predicted octanol–water partition coefficient (Wildman–Crippen LogP) is 4.05. The second-order valence-electron chi connectivity index (χ2n) is 6.82. The molecule has 5 nitrogen and oxygen atoms in total. The number of benzene rings is 2. The van der Waals surface area contributed by atoms with E-state index in [1.807, 2.05) is 60.4 Å². The molecule has 2 aromatic rings. The molecule has 27 heavy (non-hydrogen) atoms. The highest BCUT2D eigenvalue weighted by atomic mass is 16.6. The van der Waals surface area contributed by atoms with E-state index in [2.05, 4.69) is 12.1 Å². The summed E-state index contributed by atoms with van der Waals surface area (Å²) in [6.07, 6.45) is 1.47. The van der Waals surface area contributed by atoms with Gasteiger partial charge in [0.1, 0.15) is 5.75 Å². The van der Waals surface area contributed by atoms with Crippen molar-refractivity contribution in [1.82, 2.24) is 4.90 Å². The van der Waals surface area contributed by atoms with E-state index < -0.39 is 0 Å². The number of carbonyl (C=O) groups excluding carboxylic acids is 1. The number of nitrogens with zero attached hydrogens (tertiary/aromatic N) is 2. The number of hydrogen-bond donors (Lipinski definition) is 0. The van der Waals surface area contributed by atoms with Crippen LogP contribution in [0, 0.1) is 6.92 Å². The van der Waals surface area contributed by atoms with Gasteiger partial charge in [-0.1, -0.05) is 29.8 Å². The minimum atomic E-state index is -0.122. The molecule has 0 radical (unpaired) electrons. The van der Waals surface area contributed by atoms with Gasteiger partial charge in [-0.3, -0.25) is 4.79 Å². The quantitative estimate of drug-likeness (QED) is 0.743. The SMILES string of the molecule is CCCN(CC1CC(c2ccc(OC)cc2)=NO1)C(=O)c1ccc(C)cc1. The van der Waals surface area contributed by atoms with Crippen LogP contribution in [0.1, 0.15) is 41.3 Å². The van der Waals surface area contributed by atoms with E-state index in [-0.39, 0.29) is 12.0 Å². The van der Waals surface area contributed by atoms with E-state index in [1.54, 1.807) is 7.11 Å². The van der Waals surface area contributed by atoms with Gasteiger partial charge in [0.2, 0.25) is 0 Å². The first-order chi connectivity index (χ1) is 13.1. The lowest BCUT2D eigenvalue weighted by Gasteiger charge is -2.24. The molecule has 3 rings (SSSR count). The van der Waals surface area contributed by atoms with Crippen LogP contribution in [0.4, 0.5) is 0 Å². The first-order valence-corrected chi connectivity index (χ1v) is 9.33. The van der Waals surface area contributed by atoms with Crippen LogP contribution in [0.5, 0.6) is 5.75 Å². The van der Waals surface area contributed by atoms with Crippen molar-refractivity contribution in [2.75, 3.05) is 20.2 Å². The van der Waals surface area contributed by atoms with Gasteiger partial charge < -0.3 is 14.5 Å². The van der Waals surface area contributed by atoms with Crippen LogP contribution in [-0.2, 0) is 4.84 Å². The lowest BCUT2D eigenvalue weighted by atomic mass is 10.0. The third-order valence-electron chi connectivity index (χ3n) is 4.66. The molecule has 1 aliphatic heterocycles. The van der Waals surface area contributed by atoms with Crippen LogP contribution in [0.15, 0.2) is 53.7 Å². The van der Waals surface area contributed by atoms with E-state index in [0.717, 1.165) is 29.0 Å². The maximum absolute atomic E-state index is 12.9. The van der Waals surface area contributed by atoms with Gasteiger partial charge in [-0.2, -0.15) is 0 Å². The molecule has 0 spiro atoms. The van der Waals surface area contributed by atoms with Gasteiger partial charge in [0.25, 0.3) is 5.91 Å². The number of oxime groups is 1. The van der Waals surface area contributed by atoms with Gasteiger partial charge in [-0.15, -0.1) is 0 Å². The summed E-state index contributed by atoms with van der Waals surface area (Å²) in [5.74, 6) is 0.853. The molecule has 1 atom stereocenters. The molecule has 1 amide bonds. The van der Waals surface area contributed by atoms with Gasteiger partial charge in [0.15, 0.2) is 6.10 Å². The normalized spacial score (nSPS) is 15.8. The van der Waals surface area contributed by atoms with Crippen molar-refractivity contribution < 1.29 is 14.4 Å². The first kappa shape index (κ1) is 19.0. The molecule has 0 bridgehead atoms. The fraction of sp³-hybridized carbons (Fsp3) is 0.364. The van der Waals surface area contributed by atoms with Crippen molar-refractivity contribution in [2.45, 2.75) is 32.8 Å². The Hall–Kier alpha value is -2.82. The van der Waals surface area contributed by atoms with Gasteiger partial charge >= 0.3 is 0 Å². The highest BCUT2D eigenvalue weighted by molar-refractivity contribution is 6.01. The molecule has 1 unspecified atom stereocenters. The third kappa shape index (κ3) is 4.67. The Morgan fingerprint density at radius 1 is 1.19 bits per heavy atom. The predicted molar refractivity (Wildman–Crippen MR) is 106 cm³/mol. The standard InChI is InChI=1S/C22H26N2O3/c1-4-13-24(22(25)18-7-5-16(2)6-8-18)15-20-14-21(23-27-20)17-9-11-19(26-3)12-10-17/h5-12,20H,4,13-15H2,1-3H3. The van der Waals surface area contributed by atoms with E-state index in [1.165, 1.54) is 0 Å². The van der Waals surface area contributed by atoms with E-state index in [4.69, 9.17) is 9.57 Å². The Morgan fingerprint density at radius 2 is 1.89 bits per heavy atom. The summed E-state index contributed by atoms with van der Waals surface area (Å²) in [5, 5.41) is 4.24. The highest BCUT2D eigenvalue weighted by Gasteiger charge is 2.27. The van der Waals surface area contributed by atoms with Crippen molar-refractivity contribution >= 4 is 11.6 Å². The molecule has 1 aliphatic rings. The number of rotatable bonds is 7. The topological polar surface area (TPSA) is 51.1 Å². The molecule has 0 saturated carbocycles. The maximum atomic E-state index is 12.9. The second-order valence-corrected chi connectivity index (χ2v) is 6.82. The number of methoxy groups -OCH3 is 1. The lowest BCUT2D eigenvalue weighted by Crippen LogP contribution is -2.38. The van der Waals surface area contributed by atoms with Crippen molar-refractivity contribution in [3.8, 4) is 5.75 Å². The monoisotopic (exact) mass is 366 g/mol. The summed E-state index contributed by atoms with van der Waals surface area (Å²) >= 11 is 0. The maximum Gasteiger partial charge on any atom is 0.253 e. The molecule has 0 fully saturated rings. The van der Waals surface area contributed by atoms with Gasteiger partial charge in [0, 0.05) is 18.5 Å². The largest absolute Gasteiger partial charge is 0.497 e. The zero-order valence-electron chi connectivity index (χ0n) is 16.1. The van der Waals surface area contributed by atoms with Crippen molar-refractivity contribution in [1.29, 1.82) is 0 Å². The summed E-state index contributed by atoms with van der Waals surface area (Å²) in [6.45, 7) is 5.32. The van der Waals surface area contributed by atoms with Gasteiger partial charge in [0.05, 0.1) is 19.4 Å². The van der Waals surface area contributed by atoms with Crippen LogP contribution in [0.25, 0.3) is 0 Å². The lowest BCUT2D eigenvalue weighted by molar-refractivity contribution is 0.0423. The zero-order valence-corrected chi connectivity index (χ0v) is 16.1. The third-order valence-corrected chi connectivity index (χ3v) is 4.66. The summed E-state index contributed by atoms with van der Waals surface area (Å²) in [4.78, 5) is 20.4. The molecular formula is C22H26N2O3. The van der Waals surface area contributed by atoms with Crippen LogP contribution in [-0.4, -0.2) is 42.8 Å². The number of amides is 1. The molecule has 0 saturated heterocycles. The minimum Gasteiger partial charge on any atom is -0.497 e. The highest BCUT2D eigenvalue weighted by Crippen LogP contribution is 2.21. The zero-order chi connectivity index (χ0) is 19.2. The number of carbonyl (C=O) groups is 1. The Bertz CT molecular complexity index is 797. The van der Waals surface area contributed by atoms with Crippen molar-refractivity contribution in [2.24, 2.45) is 5.16 Å². The molecule has 0 N–H and O–H groups in total. The molecule has 5 heteroatoms. The number of hydrogen-bond acceptors (Lipinski definition) is 4. The Labute approximate surface area is 160 Å². The second kappa shape index (κ2) is 8.71. The molecular weight excluding hydrogens is 340 g/mol. The van der Waals surface area contributed by atoms with Crippen molar-refractivity contribution in [3.63, 3.8) is 0 Å². The Morgan fingerprint density at radius 3 is 2.52 bits per heavy atom. The molecule has 0 aliphatic carbocycles. The average molecular weight is 366 g/mol. The fourth-order valence-electron chi connectivity index (χ4n) is 3.15. The van der Waals surface area contributed by atoms with Crippen LogP contribution >= 0.6 is 0 Å². The number of aryl methyl sites for hydroxylation is 1. The van der Waals surface area contributed by atoms with Gasteiger partial charge in [-0.05, 0) is 55.3 Å². The molecule has 1 heterocycles. The van der Waals surface area contributed by atoms with E-state index in [0.29, 0.717) is 25.1 Å². The molecule has 2 aromatic carbocycles. The smallest absolute Gasteiger partial charge is 0.253 e. The molecule has 0 aromatic heterocycles. The Kier molecular flexibility index (Phi) is 6.12. The number of ether oxygens (including phenoxy) is 1. The van der Waals surface area contributed by atoms with Crippen LogP contribution < -0.4 is 4.74 Å². The summed E-state index contributed by atoms with van der Waals surface area (Å²) in [7, 11) is 1.65. The summed E-state index contributed by atoms with van der Waals surface area (Å²) < 4.78 is 5.19. The summed E-state index contributed by atoms with van der Waals surface area (Å²) in [5.41, 5.74) is 3.78. The summed E-state index contributed by atoms with van der Waals surface area (Å²) in [6, 6.07) is 15.5. The minimum absolute atomic E-state index is 0.0401. The van der Waals surface area contributed by atoms with E-state index in [9.17, 15) is 4.79 Å². The van der Waals surface area contributed by atoms with Crippen molar-refractivity contribution in [3.05, 3.63) is 65.2 Å². The Balaban J connectivity index is 1.64. The fourth-order valence-corrected chi connectivity index (χ4v) is 3.15. The van der Waals surface area contributed by atoms with Crippen LogP contribution in [0.3, 0.4) is 0 Å². The first-order valence-electron chi connectivity index (χ1n) is 9.33. The average Bonchev–Trinajstić information content (AvgIpc) is 3.16. The van der Waals surface area contributed by atoms with Crippen LogP contribution in [0.2, 0.25) is 0 Å². The van der Waals surface area contributed by atoms with E-state index >= 15 is 0 Å². The van der Waals surface area contributed by atoms with Gasteiger partial charge in [-0.25, -0.2) is 0 Å². The molecule has 142 valence electrons.